The Labute approximate surface area is 161 Å². The van der Waals surface area contributed by atoms with E-state index in [9.17, 15) is 8.42 Å². The molecule has 1 aliphatic rings. The number of hydrogen-bond donors (Lipinski definition) is 0. The van der Waals surface area contributed by atoms with Crippen molar-refractivity contribution in [2.24, 2.45) is 0 Å². The maximum absolute atomic E-state index is 13.0. The molecule has 0 unspecified atom stereocenters. The van der Waals surface area contributed by atoms with E-state index in [0.29, 0.717) is 49.3 Å². The summed E-state index contributed by atoms with van der Waals surface area (Å²) in [4.78, 5) is 7.03. The van der Waals surface area contributed by atoms with E-state index in [4.69, 9.17) is 4.52 Å². The van der Waals surface area contributed by atoms with Crippen LogP contribution in [0, 0.1) is 13.8 Å². The van der Waals surface area contributed by atoms with Crippen LogP contribution in [0.25, 0.3) is 0 Å². The van der Waals surface area contributed by atoms with Gasteiger partial charge in [-0.3, -0.25) is 4.90 Å². The molecule has 3 rings (SSSR count). The zero-order valence-electron chi connectivity index (χ0n) is 16.7. The zero-order valence-corrected chi connectivity index (χ0v) is 17.5. The van der Waals surface area contributed by atoms with Crippen LogP contribution in [0.3, 0.4) is 0 Å². The first-order chi connectivity index (χ1) is 12.6. The molecule has 0 aliphatic carbocycles. The molecule has 148 valence electrons. The van der Waals surface area contributed by atoms with Crippen molar-refractivity contribution in [1.29, 1.82) is 0 Å². The Hall–Kier alpha value is -1.77. The molecule has 2 aromatic rings. The van der Waals surface area contributed by atoms with Crippen molar-refractivity contribution in [3.63, 3.8) is 0 Å². The van der Waals surface area contributed by atoms with E-state index in [1.807, 2.05) is 46.8 Å². The summed E-state index contributed by atoms with van der Waals surface area (Å²) in [7, 11) is -3.47. The number of benzene rings is 1. The number of rotatable bonds is 4. The van der Waals surface area contributed by atoms with Crippen LogP contribution in [0.5, 0.6) is 0 Å². The number of hydrogen-bond acceptors (Lipinski definition) is 6. The zero-order chi connectivity index (χ0) is 19.8. The fraction of sp³-hybridized carbons (Fsp3) is 0.579. The third-order valence-corrected chi connectivity index (χ3v) is 6.81. The fourth-order valence-corrected chi connectivity index (χ4v) is 4.81. The maximum Gasteiger partial charge on any atom is 0.243 e. The van der Waals surface area contributed by atoms with E-state index in [1.54, 1.807) is 10.4 Å². The molecule has 27 heavy (non-hydrogen) atoms. The summed E-state index contributed by atoms with van der Waals surface area (Å²) in [5, 5.41) is 4.05. The first-order valence-electron chi connectivity index (χ1n) is 9.20. The Bertz CT molecular complexity index is 907. The molecule has 0 spiro atoms. The third kappa shape index (κ3) is 4.39. The molecule has 1 aromatic heterocycles. The van der Waals surface area contributed by atoms with Gasteiger partial charge in [-0.05, 0) is 31.0 Å². The van der Waals surface area contributed by atoms with E-state index in [0.717, 1.165) is 11.1 Å². The molecular formula is C19H28N4O3S. The van der Waals surface area contributed by atoms with Gasteiger partial charge in [0.05, 0.1) is 11.4 Å². The Morgan fingerprint density at radius 2 is 1.78 bits per heavy atom. The van der Waals surface area contributed by atoms with Gasteiger partial charge in [-0.15, -0.1) is 0 Å². The van der Waals surface area contributed by atoms with Gasteiger partial charge >= 0.3 is 0 Å². The van der Waals surface area contributed by atoms with Gasteiger partial charge in [0.2, 0.25) is 15.9 Å². The number of aromatic nitrogens is 2. The first kappa shape index (κ1) is 20.0. The van der Waals surface area contributed by atoms with E-state index < -0.39 is 10.0 Å². The van der Waals surface area contributed by atoms with Crippen LogP contribution in [-0.4, -0.2) is 53.9 Å². The maximum atomic E-state index is 13.0. The molecule has 1 aliphatic heterocycles. The van der Waals surface area contributed by atoms with E-state index >= 15 is 0 Å². The minimum absolute atomic E-state index is 0.177. The highest BCUT2D eigenvalue weighted by molar-refractivity contribution is 7.89. The molecular weight excluding hydrogens is 364 g/mol. The van der Waals surface area contributed by atoms with Gasteiger partial charge in [-0.2, -0.15) is 9.29 Å². The molecule has 1 fully saturated rings. The molecule has 1 saturated heterocycles. The number of aryl methyl sites for hydroxylation is 2. The summed E-state index contributed by atoms with van der Waals surface area (Å²) < 4.78 is 32.9. The summed E-state index contributed by atoms with van der Waals surface area (Å²) in [6.45, 7) is 12.6. The topological polar surface area (TPSA) is 79.5 Å². The molecule has 0 bridgehead atoms. The highest BCUT2D eigenvalue weighted by atomic mass is 32.2. The number of sulfonamides is 1. The summed E-state index contributed by atoms with van der Waals surface area (Å²) >= 11 is 0. The second kappa shape index (κ2) is 7.33. The Morgan fingerprint density at radius 3 is 2.37 bits per heavy atom. The van der Waals surface area contributed by atoms with Crippen molar-refractivity contribution in [2.45, 2.75) is 51.5 Å². The van der Waals surface area contributed by atoms with Crippen molar-refractivity contribution in [1.82, 2.24) is 19.3 Å². The average Bonchev–Trinajstić information content (AvgIpc) is 3.06. The predicted molar refractivity (Wildman–Crippen MR) is 103 cm³/mol. The van der Waals surface area contributed by atoms with Crippen LogP contribution >= 0.6 is 0 Å². The van der Waals surface area contributed by atoms with E-state index in [2.05, 4.69) is 15.0 Å². The Kier molecular flexibility index (Phi) is 5.42. The second-order valence-corrected chi connectivity index (χ2v) is 10.1. The first-order valence-corrected chi connectivity index (χ1v) is 10.6. The van der Waals surface area contributed by atoms with Gasteiger partial charge in [0, 0.05) is 31.6 Å². The predicted octanol–water partition coefficient (Wildman–Crippen LogP) is 2.49. The quantitative estimate of drug-likeness (QED) is 0.795. The van der Waals surface area contributed by atoms with Crippen molar-refractivity contribution >= 4 is 10.0 Å². The molecule has 2 heterocycles. The molecule has 0 N–H and O–H groups in total. The summed E-state index contributed by atoms with van der Waals surface area (Å²) in [6.07, 6.45) is 0. The lowest BCUT2D eigenvalue weighted by Crippen LogP contribution is -2.48. The summed E-state index contributed by atoms with van der Waals surface area (Å²) in [5.74, 6) is 1.26. The van der Waals surface area contributed by atoms with Crippen molar-refractivity contribution < 1.29 is 12.9 Å². The van der Waals surface area contributed by atoms with Crippen LogP contribution in [0.1, 0.15) is 43.6 Å². The van der Waals surface area contributed by atoms with Gasteiger partial charge in [-0.25, -0.2) is 8.42 Å². The van der Waals surface area contributed by atoms with Crippen molar-refractivity contribution in [2.75, 3.05) is 26.2 Å². The number of piperazine rings is 1. The van der Waals surface area contributed by atoms with Crippen LogP contribution in [0.2, 0.25) is 0 Å². The molecule has 1 aromatic carbocycles. The van der Waals surface area contributed by atoms with E-state index in [1.165, 1.54) is 0 Å². The standard InChI is InChI=1S/C19H28N4O3S/c1-14-6-7-15(2)16(12-14)27(24,25)23-10-8-22(9-11-23)13-17-20-18(26-21-17)19(3,4)5/h6-7,12H,8-11,13H2,1-5H3. The highest BCUT2D eigenvalue weighted by Gasteiger charge is 2.30. The molecule has 7 nitrogen and oxygen atoms in total. The lowest BCUT2D eigenvalue weighted by atomic mass is 9.97. The molecule has 0 saturated carbocycles. The average molecular weight is 393 g/mol. The van der Waals surface area contributed by atoms with Crippen LogP contribution in [-0.2, 0) is 22.0 Å². The van der Waals surface area contributed by atoms with Crippen molar-refractivity contribution in [3.8, 4) is 0 Å². The highest BCUT2D eigenvalue weighted by Crippen LogP contribution is 2.23. The van der Waals surface area contributed by atoms with Gasteiger partial charge in [0.25, 0.3) is 0 Å². The lowest BCUT2D eigenvalue weighted by Gasteiger charge is -2.33. The van der Waals surface area contributed by atoms with Crippen LogP contribution in [0.4, 0.5) is 0 Å². The largest absolute Gasteiger partial charge is 0.339 e. The SMILES string of the molecule is Cc1ccc(C)c(S(=O)(=O)N2CCN(Cc3noc(C(C)(C)C)n3)CC2)c1. The Balaban J connectivity index is 1.65. The van der Waals surface area contributed by atoms with Gasteiger partial charge in [-0.1, -0.05) is 38.1 Å². The Morgan fingerprint density at radius 1 is 1.11 bits per heavy atom. The molecule has 8 heteroatoms. The molecule has 0 radical (unpaired) electrons. The monoisotopic (exact) mass is 392 g/mol. The fourth-order valence-electron chi connectivity index (χ4n) is 3.08. The third-order valence-electron chi connectivity index (χ3n) is 4.77. The minimum Gasteiger partial charge on any atom is -0.339 e. The molecule has 0 amide bonds. The molecule has 0 atom stereocenters. The normalized spacial score (nSPS) is 17.4. The number of nitrogens with zero attached hydrogens (tertiary/aromatic N) is 4. The van der Waals surface area contributed by atoms with Crippen LogP contribution < -0.4 is 0 Å². The van der Waals surface area contributed by atoms with Gasteiger partial charge < -0.3 is 4.52 Å². The van der Waals surface area contributed by atoms with Gasteiger partial charge in [0.1, 0.15) is 0 Å². The summed E-state index contributed by atoms with van der Waals surface area (Å²) in [5.41, 5.74) is 1.55. The minimum atomic E-state index is -3.47. The van der Waals surface area contributed by atoms with Crippen LogP contribution in [0.15, 0.2) is 27.6 Å². The van der Waals surface area contributed by atoms with Crippen molar-refractivity contribution in [3.05, 3.63) is 41.0 Å². The smallest absolute Gasteiger partial charge is 0.243 e. The van der Waals surface area contributed by atoms with E-state index in [-0.39, 0.29) is 5.41 Å². The van der Waals surface area contributed by atoms with Gasteiger partial charge in [0.15, 0.2) is 5.82 Å². The second-order valence-electron chi connectivity index (χ2n) is 8.21. The summed E-state index contributed by atoms with van der Waals surface area (Å²) in [6, 6.07) is 5.55. The lowest BCUT2D eigenvalue weighted by molar-refractivity contribution is 0.176.